The summed E-state index contributed by atoms with van der Waals surface area (Å²) in [6, 6.07) is 1.47. The van der Waals surface area contributed by atoms with Gasteiger partial charge < -0.3 is 15.3 Å². The molecule has 0 bridgehead atoms. The molecule has 0 saturated heterocycles. The van der Waals surface area contributed by atoms with Crippen molar-refractivity contribution >= 4 is 21.9 Å². The lowest BCUT2D eigenvalue weighted by Gasteiger charge is -2.19. The molecule has 92 valence electrons. The molecule has 0 atom stereocenters. The molecule has 0 aliphatic heterocycles. The van der Waals surface area contributed by atoms with Crippen LogP contribution in [0, 0.1) is 6.92 Å². The Labute approximate surface area is 107 Å². The van der Waals surface area contributed by atoms with E-state index in [4.69, 9.17) is 5.11 Å². The average Bonchev–Trinajstić information content (AvgIpc) is 2.94. The number of aromatic hydroxyl groups is 2. The second-order valence-electron chi connectivity index (χ2n) is 4.60. The van der Waals surface area contributed by atoms with E-state index in [1.807, 2.05) is 0 Å². The minimum absolute atomic E-state index is 0.0522. The van der Waals surface area contributed by atoms with Crippen molar-refractivity contribution in [2.45, 2.75) is 31.6 Å². The summed E-state index contributed by atoms with van der Waals surface area (Å²) in [7, 11) is 0. The van der Waals surface area contributed by atoms with Gasteiger partial charge in [-0.05, 0) is 52.9 Å². The molecule has 0 spiro atoms. The van der Waals surface area contributed by atoms with Gasteiger partial charge in [-0.1, -0.05) is 0 Å². The Balaban J connectivity index is 2.53. The van der Waals surface area contributed by atoms with Gasteiger partial charge in [-0.2, -0.15) is 0 Å². The number of aliphatic carboxylic acids is 1. The van der Waals surface area contributed by atoms with E-state index >= 15 is 0 Å². The monoisotopic (exact) mass is 300 g/mol. The number of rotatable bonds is 3. The van der Waals surface area contributed by atoms with Crippen LogP contribution >= 0.6 is 15.9 Å². The van der Waals surface area contributed by atoms with Crippen LogP contribution in [0.25, 0.3) is 0 Å². The van der Waals surface area contributed by atoms with Crippen LogP contribution in [-0.4, -0.2) is 21.3 Å². The molecule has 1 aromatic carbocycles. The Morgan fingerprint density at radius 1 is 1.47 bits per heavy atom. The maximum absolute atomic E-state index is 10.9. The van der Waals surface area contributed by atoms with Crippen molar-refractivity contribution in [3.05, 3.63) is 21.7 Å². The van der Waals surface area contributed by atoms with Gasteiger partial charge in [0.25, 0.3) is 0 Å². The first-order valence-corrected chi connectivity index (χ1v) is 6.10. The molecule has 17 heavy (non-hydrogen) atoms. The minimum Gasteiger partial charge on any atom is -0.504 e. The van der Waals surface area contributed by atoms with Gasteiger partial charge >= 0.3 is 5.97 Å². The van der Waals surface area contributed by atoms with E-state index in [2.05, 4.69) is 15.9 Å². The van der Waals surface area contributed by atoms with Crippen molar-refractivity contribution < 1.29 is 20.1 Å². The Kier molecular flexibility index (Phi) is 2.81. The van der Waals surface area contributed by atoms with Crippen molar-refractivity contribution in [2.75, 3.05) is 0 Å². The molecule has 2 rings (SSSR count). The smallest absolute Gasteiger partial charge is 0.304 e. The van der Waals surface area contributed by atoms with Gasteiger partial charge in [-0.25, -0.2) is 0 Å². The number of halogens is 1. The quantitative estimate of drug-likeness (QED) is 0.750. The third-order valence-electron chi connectivity index (χ3n) is 3.29. The van der Waals surface area contributed by atoms with E-state index < -0.39 is 5.97 Å². The molecule has 0 amide bonds. The molecule has 0 radical (unpaired) electrons. The van der Waals surface area contributed by atoms with Crippen LogP contribution in [0.2, 0.25) is 0 Å². The summed E-state index contributed by atoms with van der Waals surface area (Å²) in [6.07, 6.45) is 1.64. The van der Waals surface area contributed by atoms with E-state index in [-0.39, 0.29) is 23.3 Å². The Hall–Kier alpha value is -1.23. The lowest BCUT2D eigenvalue weighted by atomic mass is 9.88. The predicted octanol–water partition coefficient (Wildman–Crippen LogP) is 2.68. The zero-order valence-corrected chi connectivity index (χ0v) is 10.9. The molecule has 4 nitrogen and oxygen atoms in total. The van der Waals surface area contributed by atoms with Crippen LogP contribution in [-0.2, 0) is 10.2 Å². The molecule has 0 aromatic heterocycles. The van der Waals surface area contributed by atoms with Crippen LogP contribution in [0.1, 0.15) is 30.4 Å². The third kappa shape index (κ3) is 1.99. The Bertz CT molecular complexity index is 492. The summed E-state index contributed by atoms with van der Waals surface area (Å²) >= 11 is 3.24. The van der Waals surface area contributed by atoms with Gasteiger partial charge in [0, 0.05) is 5.41 Å². The lowest BCUT2D eigenvalue weighted by molar-refractivity contribution is -0.137. The van der Waals surface area contributed by atoms with Gasteiger partial charge in [0.2, 0.25) is 0 Å². The number of aryl methyl sites for hydroxylation is 1. The second-order valence-corrected chi connectivity index (χ2v) is 5.39. The van der Waals surface area contributed by atoms with Crippen molar-refractivity contribution in [1.82, 2.24) is 0 Å². The fourth-order valence-corrected chi connectivity index (χ4v) is 3.29. The minimum atomic E-state index is -0.846. The van der Waals surface area contributed by atoms with Gasteiger partial charge in [0.15, 0.2) is 11.5 Å². The molecule has 1 saturated carbocycles. The molecule has 0 heterocycles. The molecule has 0 unspecified atom stereocenters. The van der Waals surface area contributed by atoms with Crippen LogP contribution in [0.4, 0.5) is 0 Å². The van der Waals surface area contributed by atoms with Crippen molar-refractivity contribution in [3.8, 4) is 11.5 Å². The Morgan fingerprint density at radius 2 is 2.06 bits per heavy atom. The highest BCUT2D eigenvalue weighted by atomic mass is 79.9. The number of carboxylic acids is 1. The first kappa shape index (κ1) is 12.2. The molecular formula is C12H13BrO4. The summed E-state index contributed by atoms with van der Waals surface area (Å²) in [5.41, 5.74) is 1.21. The van der Waals surface area contributed by atoms with Gasteiger partial charge in [0.1, 0.15) is 0 Å². The number of phenolic OH excluding ortho intramolecular Hbond substituents is 2. The van der Waals surface area contributed by atoms with Gasteiger partial charge in [-0.15, -0.1) is 0 Å². The first-order chi connectivity index (χ1) is 7.87. The third-order valence-corrected chi connectivity index (χ3v) is 4.06. The van der Waals surface area contributed by atoms with Gasteiger partial charge in [0.05, 0.1) is 10.9 Å². The highest BCUT2D eigenvalue weighted by molar-refractivity contribution is 9.10. The van der Waals surface area contributed by atoms with E-state index in [9.17, 15) is 15.0 Å². The SMILES string of the molecule is Cc1cc(O)c(O)c(Br)c1C1(CC(=O)O)CC1. The highest BCUT2D eigenvalue weighted by Gasteiger charge is 2.48. The zero-order chi connectivity index (χ0) is 12.8. The van der Waals surface area contributed by atoms with E-state index in [1.165, 1.54) is 6.07 Å². The highest BCUT2D eigenvalue weighted by Crippen LogP contribution is 2.56. The molecular weight excluding hydrogens is 288 g/mol. The molecule has 5 heteroatoms. The molecule has 1 aromatic rings. The standard InChI is InChI=1S/C12H13BrO4/c1-6-4-7(14)11(17)10(13)9(6)12(2-3-12)5-8(15)16/h4,14,17H,2-3,5H2,1H3,(H,15,16). The van der Waals surface area contributed by atoms with Crippen molar-refractivity contribution in [3.63, 3.8) is 0 Å². The number of carbonyl (C=O) groups is 1. The summed E-state index contributed by atoms with van der Waals surface area (Å²) in [5, 5.41) is 28.1. The fraction of sp³-hybridized carbons (Fsp3) is 0.417. The topological polar surface area (TPSA) is 77.8 Å². The van der Waals surface area contributed by atoms with E-state index in [1.54, 1.807) is 6.92 Å². The number of phenols is 2. The molecule has 1 fully saturated rings. The van der Waals surface area contributed by atoms with Crippen LogP contribution in [0.5, 0.6) is 11.5 Å². The first-order valence-electron chi connectivity index (χ1n) is 5.31. The van der Waals surface area contributed by atoms with Crippen LogP contribution < -0.4 is 0 Å². The number of carboxylic acid groups (broad SMARTS) is 1. The fourth-order valence-electron chi connectivity index (χ4n) is 2.36. The number of benzene rings is 1. The van der Waals surface area contributed by atoms with E-state index in [0.29, 0.717) is 4.47 Å². The largest absolute Gasteiger partial charge is 0.504 e. The predicted molar refractivity (Wildman–Crippen MR) is 65.4 cm³/mol. The maximum Gasteiger partial charge on any atom is 0.304 e. The van der Waals surface area contributed by atoms with Crippen molar-refractivity contribution in [2.24, 2.45) is 0 Å². The van der Waals surface area contributed by atoms with Crippen LogP contribution in [0.15, 0.2) is 10.5 Å². The summed E-state index contributed by atoms with van der Waals surface area (Å²) in [6.45, 7) is 1.81. The zero-order valence-electron chi connectivity index (χ0n) is 9.33. The average molecular weight is 301 g/mol. The number of hydrogen-bond donors (Lipinski definition) is 3. The molecule has 1 aliphatic rings. The van der Waals surface area contributed by atoms with Gasteiger partial charge in [-0.3, -0.25) is 4.79 Å². The molecule has 1 aliphatic carbocycles. The second kappa shape index (κ2) is 3.91. The summed E-state index contributed by atoms with van der Waals surface area (Å²) in [4.78, 5) is 10.9. The van der Waals surface area contributed by atoms with Crippen LogP contribution in [0.3, 0.4) is 0 Å². The normalized spacial score (nSPS) is 16.8. The van der Waals surface area contributed by atoms with E-state index in [0.717, 1.165) is 24.0 Å². The lowest BCUT2D eigenvalue weighted by Crippen LogP contribution is -2.15. The Morgan fingerprint density at radius 3 is 2.53 bits per heavy atom. The van der Waals surface area contributed by atoms with Crippen molar-refractivity contribution in [1.29, 1.82) is 0 Å². The number of hydrogen-bond acceptors (Lipinski definition) is 3. The molecule has 3 N–H and O–H groups in total. The summed E-state index contributed by atoms with van der Waals surface area (Å²) in [5.74, 6) is -1.26. The summed E-state index contributed by atoms with van der Waals surface area (Å²) < 4.78 is 0.411. The maximum atomic E-state index is 10.9.